The monoisotopic (exact) mass is 542 g/mol. The molecule has 0 saturated heterocycles. The van der Waals surface area contributed by atoms with Crippen molar-refractivity contribution in [2.75, 3.05) is 27.2 Å². The molecule has 0 bridgehead atoms. The maximum absolute atomic E-state index is 13.4. The van der Waals surface area contributed by atoms with E-state index in [4.69, 9.17) is 26.1 Å². The van der Waals surface area contributed by atoms with Gasteiger partial charge in [-0.05, 0) is 70.6 Å². The Labute approximate surface area is 224 Å². The van der Waals surface area contributed by atoms with Crippen LogP contribution < -0.4 is 9.47 Å². The van der Waals surface area contributed by atoms with Crippen molar-refractivity contribution in [3.63, 3.8) is 0 Å². The summed E-state index contributed by atoms with van der Waals surface area (Å²) in [5.74, 6) is 1.53. The highest BCUT2D eigenvalue weighted by atomic mass is 35.5. The van der Waals surface area contributed by atoms with Gasteiger partial charge in [0, 0.05) is 23.9 Å². The van der Waals surface area contributed by atoms with Crippen LogP contribution in [0.2, 0.25) is 5.02 Å². The van der Waals surface area contributed by atoms with E-state index < -0.39 is 6.43 Å². The Kier molecular flexibility index (Phi) is 7.45. The molecule has 3 aromatic heterocycles. The topological polar surface area (TPSA) is 78.2 Å². The molecule has 1 aliphatic rings. The fourth-order valence-corrected chi connectivity index (χ4v) is 4.33. The maximum Gasteiger partial charge on any atom is 0.263 e. The Morgan fingerprint density at radius 3 is 2.66 bits per heavy atom. The largest absolute Gasteiger partial charge is 0.493 e. The van der Waals surface area contributed by atoms with Gasteiger partial charge in [0.15, 0.2) is 11.2 Å². The summed E-state index contributed by atoms with van der Waals surface area (Å²) in [5, 5.41) is 0.436. The molecular formula is C27H29ClF2N6O2. The lowest BCUT2D eigenvalue weighted by molar-refractivity contribution is 0.151. The van der Waals surface area contributed by atoms with Crippen molar-refractivity contribution in [1.29, 1.82) is 0 Å². The van der Waals surface area contributed by atoms with E-state index >= 15 is 0 Å². The molecule has 1 aromatic carbocycles. The molecule has 200 valence electrons. The van der Waals surface area contributed by atoms with Crippen LogP contribution in [0.3, 0.4) is 0 Å². The van der Waals surface area contributed by atoms with E-state index in [9.17, 15) is 8.78 Å². The Hall–Kier alpha value is -3.37. The van der Waals surface area contributed by atoms with Gasteiger partial charge in [-0.25, -0.2) is 18.7 Å². The minimum absolute atomic E-state index is 0.102. The van der Waals surface area contributed by atoms with Crippen LogP contribution in [0.5, 0.6) is 11.6 Å². The second-order valence-electron chi connectivity index (χ2n) is 9.95. The smallest absolute Gasteiger partial charge is 0.263 e. The summed E-state index contributed by atoms with van der Waals surface area (Å²) in [6, 6.07) is 8.11. The molecule has 1 aliphatic carbocycles. The SMILES string of the molecule is CN(C)CCCOc1ccc(-c2nc3c(OC4(C)CC4)ncnc3n2Cc2cc(C(F)F)ccn2)c(Cl)c1. The number of alkyl halides is 2. The van der Waals surface area contributed by atoms with Gasteiger partial charge in [-0.15, -0.1) is 0 Å². The fraction of sp³-hybridized carbons (Fsp3) is 0.407. The van der Waals surface area contributed by atoms with Crippen LogP contribution in [0.4, 0.5) is 8.78 Å². The third kappa shape index (κ3) is 5.86. The van der Waals surface area contributed by atoms with Gasteiger partial charge >= 0.3 is 0 Å². The molecule has 0 unspecified atom stereocenters. The van der Waals surface area contributed by atoms with Crippen molar-refractivity contribution in [2.24, 2.45) is 0 Å². The van der Waals surface area contributed by atoms with Crippen molar-refractivity contribution >= 4 is 22.8 Å². The quantitative estimate of drug-likeness (QED) is 0.222. The molecule has 0 spiro atoms. The van der Waals surface area contributed by atoms with Crippen molar-refractivity contribution < 1.29 is 18.3 Å². The Balaban J connectivity index is 1.53. The third-order valence-corrected chi connectivity index (χ3v) is 6.72. The van der Waals surface area contributed by atoms with Gasteiger partial charge in [-0.3, -0.25) is 4.98 Å². The number of fused-ring (bicyclic) bond motifs is 1. The number of hydrogen-bond acceptors (Lipinski definition) is 7. The summed E-state index contributed by atoms with van der Waals surface area (Å²) < 4.78 is 40.6. The minimum atomic E-state index is -2.60. The van der Waals surface area contributed by atoms with Gasteiger partial charge in [0.25, 0.3) is 6.43 Å². The number of imidazole rings is 1. The predicted molar refractivity (Wildman–Crippen MR) is 141 cm³/mol. The van der Waals surface area contributed by atoms with Crippen LogP contribution in [0.1, 0.15) is 43.9 Å². The molecule has 0 radical (unpaired) electrons. The van der Waals surface area contributed by atoms with E-state index in [0.717, 1.165) is 25.8 Å². The van der Waals surface area contributed by atoms with Crippen molar-refractivity contribution in [1.82, 2.24) is 29.4 Å². The highest BCUT2D eigenvalue weighted by molar-refractivity contribution is 6.33. The van der Waals surface area contributed by atoms with Crippen LogP contribution in [0.15, 0.2) is 42.9 Å². The lowest BCUT2D eigenvalue weighted by atomic mass is 10.2. The van der Waals surface area contributed by atoms with Crippen molar-refractivity contribution in [3.05, 3.63) is 59.1 Å². The van der Waals surface area contributed by atoms with Crippen LogP contribution in [-0.4, -0.2) is 62.3 Å². The zero-order valence-electron chi connectivity index (χ0n) is 21.5. The van der Waals surface area contributed by atoms with E-state index in [2.05, 4.69) is 19.9 Å². The molecule has 1 fully saturated rings. The molecule has 4 aromatic rings. The van der Waals surface area contributed by atoms with Crippen molar-refractivity contribution in [2.45, 2.75) is 44.8 Å². The molecule has 38 heavy (non-hydrogen) atoms. The number of rotatable bonds is 11. The molecule has 8 nitrogen and oxygen atoms in total. The van der Waals surface area contributed by atoms with Gasteiger partial charge in [0.1, 0.15) is 23.5 Å². The van der Waals surface area contributed by atoms with E-state index in [0.29, 0.717) is 51.5 Å². The van der Waals surface area contributed by atoms with Gasteiger partial charge in [0.2, 0.25) is 5.88 Å². The molecule has 0 amide bonds. The third-order valence-electron chi connectivity index (χ3n) is 6.41. The fourth-order valence-electron chi connectivity index (χ4n) is 4.08. The zero-order chi connectivity index (χ0) is 26.9. The first-order valence-electron chi connectivity index (χ1n) is 12.4. The van der Waals surface area contributed by atoms with Crippen LogP contribution in [0.25, 0.3) is 22.6 Å². The first-order valence-corrected chi connectivity index (χ1v) is 12.8. The molecule has 1 saturated carbocycles. The van der Waals surface area contributed by atoms with Crippen LogP contribution in [-0.2, 0) is 6.54 Å². The Morgan fingerprint density at radius 2 is 1.95 bits per heavy atom. The summed E-state index contributed by atoms with van der Waals surface area (Å²) in [6.07, 6.45) is 2.93. The molecule has 3 heterocycles. The molecule has 0 N–H and O–H groups in total. The summed E-state index contributed by atoms with van der Waals surface area (Å²) in [5.41, 5.74) is 1.67. The highest BCUT2D eigenvalue weighted by Gasteiger charge is 2.41. The standard InChI is InChI=1S/C27H29ClF2N6O2/c1-27(8-9-27)38-26-22-25(32-16-33-26)36(15-18-13-17(23(29)30)7-10-31-18)24(34-22)20-6-5-19(14-21(20)28)37-12-4-11-35(2)3/h5-7,10,13-14,16,23H,4,8-9,11-12,15H2,1-3H3. The van der Waals surface area contributed by atoms with Gasteiger partial charge in [-0.1, -0.05) is 11.6 Å². The Morgan fingerprint density at radius 1 is 1.13 bits per heavy atom. The molecule has 11 heteroatoms. The maximum atomic E-state index is 13.4. The van der Waals surface area contributed by atoms with Crippen molar-refractivity contribution in [3.8, 4) is 23.0 Å². The predicted octanol–water partition coefficient (Wildman–Crippen LogP) is 5.79. The number of aromatic nitrogens is 5. The first-order chi connectivity index (χ1) is 18.2. The van der Waals surface area contributed by atoms with Gasteiger partial charge < -0.3 is 18.9 Å². The molecule has 0 atom stereocenters. The van der Waals surface area contributed by atoms with Gasteiger partial charge in [0.05, 0.1) is 23.9 Å². The number of halogens is 3. The summed E-state index contributed by atoms with van der Waals surface area (Å²) in [7, 11) is 4.03. The number of pyridine rings is 1. The van der Waals surface area contributed by atoms with E-state index in [-0.39, 0.29) is 17.7 Å². The molecule has 0 aliphatic heterocycles. The van der Waals surface area contributed by atoms with Crippen LogP contribution >= 0.6 is 11.6 Å². The van der Waals surface area contributed by atoms with Crippen LogP contribution in [0, 0.1) is 0 Å². The van der Waals surface area contributed by atoms with Gasteiger partial charge in [-0.2, -0.15) is 4.98 Å². The highest BCUT2D eigenvalue weighted by Crippen LogP contribution is 2.41. The summed E-state index contributed by atoms with van der Waals surface area (Å²) in [6.45, 7) is 3.65. The normalized spacial score (nSPS) is 14.4. The number of benzene rings is 1. The lowest BCUT2D eigenvalue weighted by Crippen LogP contribution is -2.15. The van der Waals surface area contributed by atoms with E-state index in [1.54, 1.807) is 10.6 Å². The van der Waals surface area contributed by atoms with E-state index in [1.165, 1.54) is 24.7 Å². The second kappa shape index (κ2) is 10.8. The number of nitrogens with zero attached hydrogens (tertiary/aromatic N) is 6. The summed E-state index contributed by atoms with van der Waals surface area (Å²) in [4.78, 5) is 20.0. The average molecular weight is 543 g/mol. The average Bonchev–Trinajstić information content (AvgIpc) is 3.50. The zero-order valence-corrected chi connectivity index (χ0v) is 22.3. The summed E-state index contributed by atoms with van der Waals surface area (Å²) >= 11 is 6.73. The number of ether oxygens (including phenoxy) is 2. The number of hydrogen-bond donors (Lipinski definition) is 0. The first kappa shape index (κ1) is 26.2. The Bertz CT molecular complexity index is 1440. The molecular weight excluding hydrogens is 514 g/mol. The van der Waals surface area contributed by atoms with E-state index in [1.807, 2.05) is 33.2 Å². The second-order valence-corrected chi connectivity index (χ2v) is 10.4. The minimum Gasteiger partial charge on any atom is -0.493 e. The lowest BCUT2D eigenvalue weighted by Gasteiger charge is -2.13. The molecule has 5 rings (SSSR count).